The van der Waals surface area contributed by atoms with Crippen molar-refractivity contribution in [2.45, 2.75) is 46.1 Å². The molecule has 0 bridgehead atoms. The van der Waals surface area contributed by atoms with Crippen molar-refractivity contribution in [1.82, 2.24) is 0 Å². The van der Waals surface area contributed by atoms with Crippen molar-refractivity contribution in [1.29, 1.82) is 0 Å². The lowest BCUT2D eigenvalue weighted by Crippen LogP contribution is -2.35. The number of halogens is 2. The maximum atomic E-state index is 13.1. The topological polar surface area (TPSA) is 63.7 Å². The molecule has 0 saturated heterocycles. The van der Waals surface area contributed by atoms with Gasteiger partial charge in [0.1, 0.15) is 6.10 Å². The zero-order valence-corrected chi connectivity index (χ0v) is 19.7. The normalized spacial score (nSPS) is 22.9. The second kappa shape index (κ2) is 8.87. The predicted molar refractivity (Wildman–Crippen MR) is 125 cm³/mol. The van der Waals surface area contributed by atoms with Crippen molar-refractivity contribution >= 4 is 46.7 Å². The summed E-state index contributed by atoms with van der Waals surface area (Å²) in [6, 6.07) is 9.22. The summed E-state index contributed by atoms with van der Waals surface area (Å²) >= 11 is 12.3. The second-order valence-electron chi connectivity index (χ2n) is 9.05. The monoisotopic (exact) mass is 473 g/mol. The quantitative estimate of drug-likeness (QED) is 0.379. The molecule has 3 atom stereocenters. The van der Waals surface area contributed by atoms with Crippen LogP contribution in [0.2, 0.25) is 10.0 Å². The lowest BCUT2D eigenvalue weighted by molar-refractivity contribution is -0.0174. The molecule has 2 aliphatic rings. The molecule has 2 amide bonds. The molecule has 0 spiro atoms. The average molecular weight is 474 g/mol. The van der Waals surface area contributed by atoms with E-state index in [-0.39, 0.29) is 38.5 Å². The van der Waals surface area contributed by atoms with Gasteiger partial charge in [0.25, 0.3) is 11.8 Å². The third kappa shape index (κ3) is 4.04. The number of ether oxygens (including phenoxy) is 1. The van der Waals surface area contributed by atoms with Crippen molar-refractivity contribution in [2.24, 2.45) is 17.8 Å². The molecule has 0 unspecified atom stereocenters. The molecule has 5 nitrogen and oxygen atoms in total. The molecule has 1 heterocycles. The first-order chi connectivity index (χ1) is 15.2. The summed E-state index contributed by atoms with van der Waals surface area (Å²) < 4.78 is 5.90. The van der Waals surface area contributed by atoms with Gasteiger partial charge in [0.15, 0.2) is 0 Å². The maximum Gasteiger partial charge on any atom is 0.338 e. The Morgan fingerprint density at radius 2 is 1.78 bits per heavy atom. The van der Waals surface area contributed by atoms with E-state index >= 15 is 0 Å². The zero-order chi connectivity index (χ0) is 23.2. The third-order valence-electron chi connectivity index (χ3n) is 6.51. The SMILES string of the molecule is CC(C)[C@H]1CC[C@@H](C)C[C@H]1OC(=O)c1ccc2c(c1)C(=O)N(c1cccc(Cl)c1Cl)C2=O. The van der Waals surface area contributed by atoms with Crippen LogP contribution in [0.5, 0.6) is 0 Å². The number of rotatable bonds is 4. The molecule has 32 heavy (non-hydrogen) atoms. The van der Waals surface area contributed by atoms with E-state index in [1.165, 1.54) is 18.2 Å². The fourth-order valence-electron chi connectivity index (χ4n) is 4.71. The van der Waals surface area contributed by atoms with Gasteiger partial charge >= 0.3 is 5.97 Å². The van der Waals surface area contributed by atoms with E-state index in [1.807, 2.05) is 0 Å². The van der Waals surface area contributed by atoms with E-state index in [0.29, 0.717) is 17.8 Å². The average Bonchev–Trinajstić information content (AvgIpc) is 3.00. The Kier molecular flexibility index (Phi) is 6.33. The fraction of sp³-hybridized carbons (Fsp3) is 0.400. The Bertz CT molecular complexity index is 1100. The first-order valence-electron chi connectivity index (χ1n) is 10.9. The molecular weight excluding hydrogens is 449 g/mol. The number of carbonyl (C=O) groups excluding carboxylic acids is 3. The van der Waals surface area contributed by atoms with Crippen LogP contribution < -0.4 is 4.90 Å². The van der Waals surface area contributed by atoms with Gasteiger partial charge in [-0.2, -0.15) is 0 Å². The Hall–Kier alpha value is -2.37. The van der Waals surface area contributed by atoms with Crippen molar-refractivity contribution < 1.29 is 19.1 Å². The van der Waals surface area contributed by atoms with Gasteiger partial charge in [-0.25, -0.2) is 9.69 Å². The van der Waals surface area contributed by atoms with Crippen LogP contribution in [0.3, 0.4) is 0 Å². The molecule has 168 valence electrons. The Morgan fingerprint density at radius 1 is 1.06 bits per heavy atom. The molecule has 0 radical (unpaired) electrons. The summed E-state index contributed by atoms with van der Waals surface area (Å²) in [6.45, 7) is 6.47. The highest BCUT2D eigenvalue weighted by molar-refractivity contribution is 6.46. The lowest BCUT2D eigenvalue weighted by Gasteiger charge is -2.36. The highest BCUT2D eigenvalue weighted by Crippen LogP contribution is 2.38. The fourth-order valence-corrected chi connectivity index (χ4v) is 5.09. The maximum absolute atomic E-state index is 13.1. The number of anilines is 1. The third-order valence-corrected chi connectivity index (χ3v) is 7.32. The molecule has 2 aromatic carbocycles. The van der Waals surface area contributed by atoms with Crippen LogP contribution in [0.15, 0.2) is 36.4 Å². The van der Waals surface area contributed by atoms with Gasteiger partial charge in [0.05, 0.1) is 32.4 Å². The molecular formula is C25H25Cl2NO4. The molecule has 1 aliphatic carbocycles. The van der Waals surface area contributed by atoms with Gasteiger partial charge in [-0.05, 0) is 60.9 Å². The van der Waals surface area contributed by atoms with Crippen LogP contribution in [0, 0.1) is 17.8 Å². The Balaban J connectivity index is 1.60. The van der Waals surface area contributed by atoms with Gasteiger partial charge in [-0.3, -0.25) is 9.59 Å². The summed E-state index contributed by atoms with van der Waals surface area (Å²) in [5, 5.41) is 0.362. The van der Waals surface area contributed by atoms with E-state index in [4.69, 9.17) is 27.9 Å². The number of carbonyl (C=O) groups is 3. The van der Waals surface area contributed by atoms with Crippen LogP contribution in [-0.2, 0) is 4.74 Å². The Labute approximate surface area is 197 Å². The number of hydrogen-bond acceptors (Lipinski definition) is 4. The molecule has 4 rings (SSSR count). The number of benzene rings is 2. The highest BCUT2D eigenvalue weighted by atomic mass is 35.5. The van der Waals surface area contributed by atoms with Gasteiger partial charge in [0.2, 0.25) is 0 Å². The minimum Gasteiger partial charge on any atom is -0.458 e. The molecule has 1 aliphatic heterocycles. The summed E-state index contributed by atoms with van der Waals surface area (Å²) in [5.74, 6) is -0.302. The number of amides is 2. The predicted octanol–water partition coefficient (Wildman–Crippen LogP) is 6.41. The number of esters is 1. The number of fused-ring (bicyclic) bond motifs is 1. The van der Waals surface area contributed by atoms with Gasteiger partial charge in [-0.15, -0.1) is 0 Å². The van der Waals surface area contributed by atoms with Crippen LogP contribution >= 0.6 is 23.2 Å². The van der Waals surface area contributed by atoms with Gasteiger partial charge < -0.3 is 4.74 Å². The second-order valence-corrected chi connectivity index (χ2v) is 9.83. The van der Waals surface area contributed by atoms with E-state index in [2.05, 4.69) is 20.8 Å². The standard InChI is InChI=1S/C25H25Cl2NO4/c1-13(2)16-9-7-14(3)11-21(16)32-25(31)15-8-10-17-18(12-15)24(30)28(23(17)29)20-6-4-5-19(26)22(20)27/h4-6,8,10,12-14,16,21H,7,9,11H2,1-3H3/t14-,16-,21-/m1/s1. The van der Waals surface area contributed by atoms with Gasteiger partial charge in [-0.1, -0.05) is 56.5 Å². The number of hydrogen-bond donors (Lipinski definition) is 0. The summed E-state index contributed by atoms with van der Waals surface area (Å²) in [7, 11) is 0. The van der Waals surface area contributed by atoms with Crippen LogP contribution in [-0.4, -0.2) is 23.9 Å². The molecule has 7 heteroatoms. The van der Waals surface area contributed by atoms with Crippen LogP contribution in [0.25, 0.3) is 0 Å². The molecule has 1 fully saturated rings. The van der Waals surface area contributed by atoms with Crippen molar-refractivity contribution in [3.63, 3.8) is 0 Å². The van der Waals surface area contributed by atoms with Crippen LogP contribution in [0.4, 0.5) is 5.69 Å². The first kappa shape index (κ1) is 22.8. The number of nitrogens with zero attached hydrogens (tertiary/aromatic N) is 1. The van der Waals surface area contributed by atoms with Crippen molar-refractivity contribution in [2.75, 3.05) is 4.90 Å². The Morgan fingerprint density at radius 3 is 2.50 bits per heavy atom. The lowest BCUT2D eigenvalue weighted by atomic mass is 9.75. The minimum atomic E-state index is -0.546. The molecule has 0 aromatic heterocycles. The highest BCUT2D eigenvalue weighted by Gasteiger charge is 2.39. The molecule has 1 saturated carbocycles. The first-order valence-corrected chi connectivity index (χ1v) is 11.6. The zero-order valence-electron chi connectivity index (χ0n) is 18.2. The molecule has 2 aromatic rings. The van der Waals surface area contributed by atoms with E-state index in [9.17, 15) is 14.4 Å². The summed E-state index contributed by atoms with van der Waals surface area (Å²) in [6.07, 6.45) is 2.84. The number of imide groups is 1. The largest absolute Gasteiger partial charge is 0.458 e. The van der Waals surface area contributed by atoms with Gasteiger partial charge in [0, 0.05) is 0 Å². The van der Waals surface area contributed by atoms with E-state index in [1.54, 1.807) is 18.2 Å². The van der Waals surface area contributed by atoms with Crippen molar-refractivity contribution in [3.05, 3.63) is 63.1 Å². The summed E-state index contributed by atoms with van der Waals surface area (Å²) in [5.41, 5.74) is 0.835. The van der Waals surface area contributed by atoms with E-state index in [0.717, 1.165) is 24.2 Å². The van der Waals surface area contributed by atoms with Crippen molar-refractivity contribution in [3.8, 4) is 0 Å². The molecule has 0 N–H and O–H groups in total. The van der Waals surface area contributed by atoms with E-state index < -0.39 is 17.8 Å². The minimum absolute atomic E-state index is 0.120. The smallest absolute Gasteiger partial charge is 0.338 e. The summed E-state index contributed by atoms with van der Waals surface area (Å²) in [4.78, 5) is 39.9. The van der Waals surface area contributed by atoms with Crippen LogP contribution in [0.1, 0.15) is 71.1 Å².